The number of methoxy groups -OCH3 is 1. The molecule has 26 heavy (non-hydrogen) atoms. The van der Waals surface area contributed by atoms with Crippen molar-refractivity contribution in [2.24, 2.45) is 0 Å². The zero-order chi connectivity index (χ0) is 18.4. The normalized spacial score (nSPS) is 20.6. The number of aromatic nitrogens is 3. The number of nitrogens with zero attached hydrogens (tertiary/aromatic N) is 4. The van der Waals surface area contributed by atoms with Gasteiger partial charge in [-0.1, -0.05) is 24.3 Å². The third kappa shape index (κ3) is 4.82. The van der Waals surface area contributed by atoms with Crippen molar-refractivity contribution in [1.82, 2.24) is 25.0 Å². The van der Waals surface area contributed by atoms with Crippen LogP contribution in [0.5, 0.6) is 0 Å². The maximum absolute atomic E-state index is 12.5. The van der Waals surface area contributed by atoms with Crippen LogP contribution in [0.25, 0.3) is 0 Å². The van der Waals surface area contributed by atoms with Crippen LogP contribution in [-0.2, 0) is 17.8 Å². The van der Waals surface area contributed by atoms with E-state index in [9.17, 15) is 4.79 Å². The number of hydrogen-bond acceptors (Lipinski definition) is 4. The number of hydrogen-bond donors (Lipinski definition) is 1. The highest BCUT2D eigenvalue weighted by Gasteiger charge is 2.28. The Bertz CT molecular complexity index is 701. The summed E-state index contributed by atoms with van der Waals surface area (Å²) in [7, 11) is 1.75. The minimum absolute atomic E-state index is 0.00274. The van der Waals surface area contributed by atoms with E-state index in [2.05, 4.69) is 34.5 Å². The molecule has 1 fully saturated rings. The summed E-state index contributed by atoms with van der Waals surface area (Å²) >= 11 is 0. The van der Waals surface area contributed by atoms with Gasteiger partial charge in [0.1, 0.15) is 12.7 Å². The molecule has 0 saturated carbocycles. The maximum Gasteiger partial charge on any atom is 0.317 e. The van der Waals surface area contributed by atoms with Gasteiger partial charge in [0.15, 0.2) is 0 Å². The second kappa shape index (κ2) is 8.31. The molecule has 1 aromatic carbocycles. The summed E-state index contributed by atoms with van der Waals surface area (Å²) in [5, 5.41) is 7.13. The smallest absolute Gasteiger partial charge is 0.317 e. The Morgan fingerprint density at radius 2 is 2.00 bits per heavy atom. The largest absolute Gasteiger partial charge is 0.378 e. The Balaban J connectivity index is 1.48. The fraction of sp³-hybridized carbons (Fsp3) is 0.526. The van der Waals surface area contributed by atoms with Crippen molar-refractivity contribution >= 4 is 6.03 Å². The molecular formula is C19H27N5O2. The van der Waals surface area contributed by atoms with Crippen LogP contribution in [0.2, 0.25) is 0 Å². The van der Waals surface area contributed by atoms with Gasteiger partial charge in [0.05, 0.1) is 12.1 Å². The first-order valence-corrected chi connectivity index (χ1v) is 9.06. The molecule has 1 unspecified atom stereocenters. The van der Waals surface area contributed by atoms with E-state index < -0.39 is 0 Å². The van der Waals surface area contributed by atoms with Gasteiger partial charge in [-0.3, -0.25) is 0 Å². The molecule has 2 aromatic rings. The van der Waals surface area contributed by atoms with Crippen LogP contribution in [0.1, 0.15) is 37.3 Å². The summed E-state index contributed by atoms with van der Waals surface area (Å²) < 4.78 is 7.38. The van der Waals surface area contributed by atoms with Crippen LogP contribution >= 0.6 is 0 Å². The molecule has 1 aliphatic rings. The lowest BCUT2D eigenvalue weighted by Gasteiger charge is -2.26. The quantitative estimate of drug-likeness (QED) is 0.892. The van der Waals surface area contributed by atoms with Crippen molar-refractivity contribution in [2.45, 2.75) is 44.9 Å². The number of likely N-dealkylation sites (tertiary alicyclic amines) is 1. The van der Waals surface area contributed by atoms with E-state index in [0.29, 0.717) is 13.1 Å². The third-order valence-electron chi connectivity index (χ3n) is 5.10. The zero-order valence-corrected chi connectivity index (χ0v) is 15.5. The minimum Gasteiger partial charge on any atom is -0.378 e. The standard InChI is InChI=1S/C19H27N5O2/c1-19(26-2)8-3-10-23(11-9-19)18(25)21-12-16-4-6-17(7-5-16)13-24-15-20-14-22-24/h4-7,14-15H,3,8-13H2,1-2H3,(H,21,25). The number of carbonyl (C=O) groups is 1. The topological polar surface area (TPSA) is 72.3 Å². The number of urea groups is 1. The number of carbonyl (C=O) groups excluding carboxylic acids is 1. The summed E-state index contributed by atoms with van der Waals surface area (Å²) in [6.45, 7) is 4.85. The maximum atomic E-state index is 12.5. The van der Waals surface area contributed by atoms with Crippen LogP contribution in [-0.4, -0.2) is 51.5 Å². The van der Waals surface area contributed by atoms with Gasteiger partial charge in [0, 0.05) is 26.7 Å². The van der Waals surface area contributed by atoms with Gasteiger partial charge in [-0.05, 0) is 37.3 Å². The number of rotatable bonds is 5. The molecule has 7 heteroatoms. The van der Waals surface area contributed by atoms with Crippen LogP contribution in [0.4, 0.5) is 4.79 Å². The van der Waals surface area contributed by atoms with E-state index in [1.165, 1.54) is 6.33 Å². The van der Waals surface area contributed by atoms with Crippen LogP contribution in [0.3, 0.4) is 0 Å². The Hall–Kier alpha value is -2.41. The molecule has 1 aromatic heterocycles. The molecule has 1 aliphatic heterocycles. The summed E-state index contributed by atoms with van der Waals surface area (Å²) in [5.41, 5.74) is 2.11. The highest BCUT2D eigenvalue weighted by atomic mass is 16.5. The first-order valence-electron chi connectivity index (χ1n) is 9.06. The first kappa shape index (κ1) is 18.4. The molecule has 3 rings (SSSR count). The summed E-state index contributed by atoms with van der Waals surface area (Å²) in [6, 6.07) is 8.18. The van der Waals surface area contributed by atoms with Crippen molar-refractivity contribution in [1.29, 1.82) is 0 Å². The molecule has 1 saturated heterocycles. The molecule has 2 heterocycles. The van der Waals surface area contributed by atoms with Crippen molar-refractivity contribution < 1.29 is 9.53 Å². The number of nitrogens with one attached hydrogen (secondary N) is 1. The number of ether oxygens (including phenoxy) is 1. The van der Waals surface area contributed by atoms with Gasteiger partial charge in [-0.15, -0.1) is 0 Å². The van der Waals surface area contributed by atoms with Gasteiger partial charge in [0.2, 0.25) is 0 Å². The Morgan fingerprint density at radius 3 is 2.69 bits per heavy atom. The zero-order valence-electron chi connectivity index (χ0n) is 15.5. The predicted octanol–water partition coefficient (Wildman–Crippen LogP) is 2.43. The van der Waals surface area contributed by atoms with Gasteiger partial charge in [-0.2, -0.15) is 5.10 Å². The summed E-state index contributed by atoms with van der Waals surface area (Å²) in [5.74, 6) is 0. The number of benzene rings is 1. The molecule has 0 spiro atoms. The lowest BCUT2D eigenvalue weighted by atomic mass is 9.97. The molecule has 0 aliphatic carbocycles. The first-order chi connectivity index (χ1) is 12.6. The highest BCUT2D eigenvalue weighted by Crippen LogP contribution is 2.25. The molecule has 140 valence electrons. The van der Waals surface area contributed by atoms with Crippen LogP contribution in [0.15, 0.2) is 36.9 Å². The molecule has 7 nitrogen and oxygen atoms in total. The average molecular weight is 357 g/mol. The second-order valence-electron chi connectivity index (χ2n) is 7.06. The Morgan fingerprint density at radius 1 is 1.23 bits per heavy atom. The number of amides is 2. The summed E-state index contributed by atoms with van der Waals surface area (Å²) in [4.78, 5) is 18.3. The molecular weight excluding hydrogens is 330 g/mol. The van der Waals surface area contributed by atoms with Crippen LogP contribution < -0.4 is 5.32 Å². The van der Waals surface area contributed by atoms with Crippen LogP contribution in [0, 0.1) is 0 Å². The SMILES string of the molecule is COC1(C)CCCN(C(=O)NCc2ccc(Cn3cncn3)cc2)CC1. The fourth-order valence-electron chi connectivity index (χ4n) is 3.21. The molecule has 0 bridgehead atoms. The Labute approximate surface area is 154 Å². The Kier molecular flexibility index (Phi) is 5.88. The third-order valence-corrected chi connectivity index (χ3v) is 5.10. The van der Waals surface area contributed by atoms with Crippen molar-refractivity contribution in [3.63, 3.8) is 0 Å². The molecule has 0 radical (unpaired) electrons. The van der Waals surface area contributed by atoms with Crippen molar-refractivity contribution in [3.8, 4) is 0 Å². The fourth-order valence-corrected chi connectivity index (χ4v) is 3.21. The van der Waals surface area contributed by atoms with E-state index in [1.54, 1.807) is 18.1 Å². The highest BCUT2D eigenvalue weighted by molar-refractivity contribution is 5.74. The molecule has 1 atom stereocenters. The van der Waals surface area contributed by atoms with Gasteiger partial charge >= 0.3 is 6.03 Å². The average Bonchev–Trinajstić information content (AvgIpc) is 3.08. The monoisotopic (exact) mass is 357 g/mol. The van der Waals surface area contributed by atoms with Crippen molar-refractivity contribution in [2.75, 3.05) is 20.2 Å². The summed E-state index contributed by atoms with van der Waals surface area (Å²) in [6.07, 6.45) is 6.05. The molecule has 1 N–H and O–H groups in total. The van der Waals surface area contributed by atoms with E-state index >= 15 is 0 Å². The predicted molar refractivity (Wildman–Crippen MR) is 98.6 cm³/mol. The lowest BCUT2D eigenvalue weighted by molar-refractivity contribution is -0.00499. The minimum atomic E-state index is -0.116. The van der Waals surface area contributed by atoms with E-state index in [1.807, 2.05) is 17.0 Å². The lowest BCUT2D eigenvalue weighted by Crippen LogP contribution is -2.40. The molecule has 2 amide bonds. The van der Waals surface area contributed by atoms with Gasteiger partial charge in [0.25, 0.3) is 0 Å². The van der Waals surface area contributed by atoms with E-state index in [0.717, 1.165) is 43.5 Å². The van der Waals surface area contributed by atoms with E-state index in [4.69, 9.17) is 4.74 Å². The van der Waals surface area contributed by atoms with E-state index in [-0.39, 0.29) is 11.6 Å². The second-order valence-corrected chi connectivity index (χ2v) is 7.06. The van der Waals surface area contributed by atoms with Crippen molar-refractivity contribution in [3.05, 3.63) is 48.0 Å². The van der Waals surface area contributed by atoms with Gasteiger partial charge < -0.3 is 15.0 Å². The van der Waals surface area contributed by atoms with Gasteiger partial charge in [-0.25, -0.2) is 14.5 Å².